The van der Waals surface area contributed by atoms with Crippen LogP contribution in [0.4, 0.5) is 0 Å². The van der Waals surface area contributed by atoms with Gasteiger partial charge in [-0.2, -0.15) is 0 Å². The van der Waals surface area contributed by atoms with Gasteiger partial charge in [0.25, 0.3) is 0 Å². The summed E-state index contributed by atoms with van der Waals surface area (Å²) in [5.41, 5.74) is 18.8. The molecule has 0 aliphatic heterocycles. The van der Waals surface area contributed by atoms with E-state index >= 15 is 0 Å². The van der Waals surface area contributed by atoms with E-state index in [-0.39, 0.29) is 0 Å². The minimum atomic E-state index is 0.601. The molecule has 0 saturated carbocycles. The maximum absolute atomic E-state index is 5.38. The van der Waals surface area contributed by atoms with Gasteiger partial charge in [0, 0.05) is 33.4 Å². The molecule has 80 heavy (non-hydrogen) atoms. The van der Waals surface area contributed by atoms with E-state index in [4.69, 9.17) is 24.9 Å². The van der Waals surface area contributed by atoms with Gasteiger partial charge in [0.1, 0.15) is 0 Å². The predicted molar refractivity (Wildman–Crippen MR) is 330 cm³/mol. The van der Waals surface area contributed by atoms with Crippen LogP contribution in [-0.4, -0.2) is 24.9 Å². The van der Waals surface area contributed by atoms with Crippen molar-refractivity contribution in [3.8, 4) is 124 Å². The molecule has 0 unspecified atom stereocenters. The molecule has 2 heterocycles. The normalized spacial score (nSPS) is 11.2. The fourth-order valence-corrected chi connectivity index (χ4v) is 10.9. The van der Waals surface area contributed by atoms with Crippen LogP contribution < -0.4 is 0 Å². The first-order valence-electron chi connectivity index (χ1n) is 27.0. The van der Waals surface area contributed by atoms with E-state index in [1.807, 2.05) is 24.3 Å². The molecule has 374 valence electrons. The molecular weight excluding hydrogens is 971 g/mol. The summed E-state index contributed by atoms with van der Waals surface area (Å²) in [6, 6.07) is 104. The van der Waals surface area contributed by atoms with Crippen molar-refractivity contribution in [1.82, 2.24) is 24.9 Å². The van der Waals surface area contributed by atoms with Crippen LogP contribution in [0.15, 0.2) is 297 Å². The molecule has 2 aromatic heterocycles. The first-order chi connectivity index (χ1) is 39.6. The number of rotatable bonds is 11. The molecule has 14 rings (SSSR count). The topological polar surface area (TPSA) is 64.5 Å². The number of benzene rings is 12. The zero-order chi connectivity index (χ0) is 53.2. The average molecular weight is 1020 g/mol. The summed E-state index contributed by atoms with van der Waals surface area (Å²) in [5.74, 6) is 2.47. The van der Waals surface area contributed by atoms with Crippen molar-refractivity contribution in [1.29, 1.82) is 0 Å². The molecule has 5 nitrogen and oxygen atoms in total. The molecule has 0 bridgehead atoms. The quantitative estimate of drug-likeness (QED) is 0.129. The second-order valence-corrected chi connectivity index (χ2v) is 20.0. The van der Waals surface area contributed by atoms with Crippen LogP contribution in [0, 0.1) is 0 Å². The van der Waals surface area contributed by atoms with Crippen molar-refractivity contribution >= 4 is 21.5 Å². The van der Waals surface area contributed by atoms with Crippen molar-refractivity contribution in [2.75, 3.05) is 0 Å². The third-order valence-electron chi connectivity index (χ3n) is 15.1. The molecule has 14 aromatic rings. The van der Waals surface area contributed by atoms with Gasteiger partial charge in [-0.05, 0) is 95.4 Å². The lowest BCUT2D eigenvalue weighted by Gasteiger charge is -2.16. The highest BCUT2D eigenvalue weighted by molar-refractivity contribution is 6.11. The van der Waals surface area contributed by atoms with E-state index in [1.165, 1.54) is 11.1 Å². The van der Waals surface area contributed by atoms with Gasteiger partial charge >= 0.3 is 0 Å². The van der Waals surface area contributed by atoms with Crippen LogP contribution in [0.25, 0.3) is 145 Å². The summed E-state index contributed by atoms with van der Waals surface area (Å²) in [6.07, 6.45) is 0. The van der Waals surface area contributed by atoms with Gasteiger partial charge in [0.15, 0.2) is 23.3 Å². The molecule has 0 amide bonds. The summed E-state index contributed by atoms with van der Waals surface area (Å²) in [6.45, 7) is 0. The lowest BCUT2D eigenvalue weighted by molar-refractivity contribution is 1.08. The molecule has 0 saturated heterocycles. The largest absolute Gasteiger partial charge is 0.228 e. The van der Waals surface area contributed by atoms with Crippen molar-refractivity contribution in [3.63, 3.8) is 0 Å². The van der Waals surface area contributed by atoms with E-state index in [0.717, 1.165) is 111 Å². The Balaban J connectivity index is 0.875. The lowest BCUT2D eigenvalue weighted by atomic mass is 9.90. The maximum Gasteiger partial charge on any atom is 0.164 e. The number of aromatic nitrogens is 5. The van der Waals surface area contributed by atoms with E-state index in [1.54, 1.807) is 0 Å². The third kappa shape index (κ3) is 9.39. The summed E-state index contributed by atoms with van der Waals surface area (Å²) >= 11 is 0. The Kier molecular flexibility index (Phi) is 12.5. The first kappa shape index (κ1) is 47.7. The molecule has 12 aromatic carbocycles. The van der Waals surface area contributed by atoms with Gasteiger partial charge < -0.3 is 0 Å². The smallest absolute Gasteiger partial charge is 0.164 e. The van der Waals surface area contributed by atoms with E-state index in [0.29, 0.717) is 23.3 Å². The summed E-state index contributed by atoms with van der Waals surface area (Å²) in [4.78, 5) is 26.5. The maximum atomic E-state index is 5.38. The fraction of sp³-hybridized carbons (Fsp3) is 0. The molecule has 0 aliphatic rings. The second kappa shape index (κ2) is 21.0. The van der Waals surface area contributed by atoms with Crippen molar-refractivity contribution in [2.45, 2.75) is 0 Å². The Morgan fingerprint density at radius 2 is 0.375 bits per heavy atom. The van der Waals surface area contributed by atoms with Crippen LogP contribution in [0.5, 0.6) is 0 Å². The van der Waals surface area contributed by atoms with Crippen LogP contribution in [0.2, 0.25) is 0 Å². The third-order valence-corrected chi connectivity index (χ3v) is 15.1. The zero-order valence-corrected chi connectivity index (χ0v) is 43.5. The van der Waals surface area contributed by atoms with Crippen molar-refractivity contribution in [3.05, 3.63) is 297 Å². The summed E-state index contributed by atoms with van der Waals surface area (Å²) in [5, 5.41) is 4.28. The fourth-order valence-electron chi connectivity index (χ4n) is 10.9. The Labute approximate surface area is 465 Å². The standard InChI is InChI=1S/C75H49N5/c1-5-17-50(18-6-1)54-29-37-58(38-30-54)70-49-71(59-39-31-55(32-40-59)51-19-7-2-8-20-51)77-74(76-70)68-47-45-66(62-25-13-15-27-64(62)68)67-46-48-69(65-28-16-14-26-63(65)67)75-79-72(60-41-33-56(34-42-60)52-21-9-3-10-22-52)78-73(80-75)61-43-35-57(36-44-61)53-23-11-4-12-24-53/h1-49H. The highest BCUT2D eigenvalue weighted by Gasteiger charge is 2.20. The minimum Gasteiger partial charge on any atom is -0.228 e. The molecule has 0 atom stereocenters. The van der Waals surface area contributed by atoms with Crippen LogP contribution >= 0.6 is 0 Å². The van der Waals surface area contributed by atoms with Gasteiger partial charge in [-0.25, -0.2) is 24.9 Å². The predicted octanol–water partition coefficient (Wildman–Crippen LogP) is 19.3. The number of hydrogen-bond acceptors (Lipinski definition) is 5. The first-order valence-corrected chi connectivity index (χ1v) is 27.0. The Hall–Kier alpha value is -10.8. The van der Waals surface area contributed by atoms with Gasteiger partial charge in [-0.3, -0.25) is 0 Å². The molecular formula is C75H49N5. The Morgan fingerprint density at radius 3 is 0.700 bits per heavy atom. The molecule has 5 heteroatoms. The van der Waals surface area contributed by atoms with E-state index in [2.05, 4.69) is 273 Å². The zero-order valence-electron chi connectivity index (χ0n) is 43.5. The highest BCUT2D eigenvalue weighted by atomic mass is 15.0. The van der Waals surface area contributed by atoms with Gasteiger partial charge in [-0.1, -0.05) is 279 Å². The molecule has 0 radical (unpaired) electrons. The number of nitrogens with zero attached hydrogens (tertiary/aromatic N) is 5. The van der Waals surface area contributed by atoms with Crippen LogP contribution in [-0.2, 0) is 0 Å². The molecule has 0 spiro atoms. The number of hydrogen-bond donors (Lipinski definition) is 0. The highest BCUT2D eigenvalue weighted by Crippen LogP contribution is 2.42. The molecule has 0 fully saturated rings. The van der Waals surface area contributed by atoms with Crippen molar-refractivity contribution < 1.29 is 0 Å². The summed E-state index contributed by atoms with van der Waals surface area (Å²) < 4.78 is 0. The van der Waals surface area contributed by atoms with E-state index in [9.17, 15) is 0 Å². The minimum absolute atomic E-state index is 0.601. The van der Waals surface area contributed by atoms with Crippen molar-refractivity contribution in [2.24, 2.45) is 0 Å². The molecule has 0 aliphatic carbocycles. The average Bonchev–Trinajstić information content (AvgIpc) is 3.72. The van der Waals surface area contributed by atoms with Crippen LogP contribution in [0.3, 0.4) is 0 Å². The number of fused-ring (bicyclic) bond motifs is 2. The Morgan fingerprint density at radius 1 is 0.150 bits per heavy atom. The summed E-state index contributed by atoms with van der Waals surface area (Å²) in [7, 11) is 0. The van der Waals surface area contributed by atoms with Crippen LogP contribution in [0.1, 0.15) is 0 Å². The SMILES string of the molecule is c1ccc(-c2ccc(-c3cc(-c4ccc(-c5ccccc5)cc4)nc(-c4ccc(-c5ccc(-c6nc(-c7ccc(-c8ccccc8)cc7)nc(-c7ccc(-c8ccccc8)cc7)n6)c6ccccc56)c5ccccc45)n3)cc2)cc1. The van der Waals surface area contributed by atoms with Gasteiger partial charge in [0.05, 0.1) is 11.4 Å². The van der Waals surface area contributed by atoms with E-state index < -0.39 is 0 Å². The molecule has 0 N–H and O–H groups in total. The van der Waals surface area contributed by atoms with Gasteiger partial charge in [0.2, 0.25) is 0 Å². The van der Waals surface area contributed by atoms with Gasteiger partial charge in [-0.15, -0.1) is 0 Å². The second-order valence-electron chi connectivity index (χ2n) is 20.0. The lowest BCUT2D eigenvalue weighted by Crippen LogP contribution is -2.01. The monoisotopic (exact) mass is 1020 g/mol. The Bertz CT molecular complexity index is 4010.